The van der Waals surface area contributed by atoms with E-state index in [9.17, 15) is 0 Å². The fraction of sp³-hybridized carbons (Fsp3) is 0.250. The molecule has 0 aromatic heterocycles. The van der Waals surface area contributed by atoms with Gasteiger partial charge in [-0.2, -0.15) is 0 Å². The van der Waals surface area contributed by atoms with Crippen molar-refractivity contribution in [3.05, 3.63) is 57.0 Å². The Bertz CT molecular complexity index is 611. The summed E-state index contributed by atoms with van der Waals surface area (Å²) in [7, 11) is 4.11. The van der Waals surface area contributed by atoms with Crippen LogP contribution in [0.4, 0.5) is 11.4 Å². The molecule has 0 fully saturated rings. The molecule has 0 radical (unpaired) electrons. The number of rotatable bonds is 4. The fourth-order valence-electron chi connectivity index (χ4n) is 2.08. The van der Waals surface area contributed by atoms with E-state index in [0.717, 1.165) is 20.7 Å². The first-order chi connectivity index (χ1) is 9.47. The summed E-state index contributed by atoms with van der Waals surface area (Å²) < 4.78 is 1.04. The number of nitrogens with zero attached hydrogens (tertiary/aromatic N) is 1. The van der Waals surface area contributed by atoms with E-state index in [1.165, 1.54) is 11.3 Å². The number of anilines is 2. The first-order valence-electron chi connectivity index (χ1n) is 6.43. The van der Waals surface area contributed by atoms with Crippen LogP contribution < -0.4 is 10.2 Å². The summed E-state index contributed by atoms with van der Waals surface area (Å²) in [6.07, 6.45) is 0. The molecule has 0 bridgehead atoms. The molecule has 0 spiro atoms. The lowest BCUT2D eigenvalue weighted by Crippen LogP contribution is -2.11. The van der Waals surface area contributed by atoms with Gasteiger partial charge in [0.2, 0.25) is 0 Å². The second-order valence-corrected chi connectivity index (χ2v) is 6.31. The van der Waals surface area contributed by atoms with E-state index >= 15 is 0 Å². The molecule has 0 aliphatic heterocycles. The fourth-order valence-corrected chi connectivity index (χ4v) is 2.67. The Morgan fingerprint density at radius 2 is 1.90 bits per heavy atom. The molecule has 2 aromatic carbocycles. The molecule has 0 amide bonds. The van der Waals surface area contributed by atoms with Crippen molar-refractivity contribution in [3.8, 4) is 0 Å². The molecule has 2 aromatic rings. The van der Waals surface area contributed by atoms with E-state index < -0.39 is 0 Å². The average molecular weight is 354 g/mol. The maximum absolute atomic E-state index is 6.20. The van der Waals surface area contributed by atoms with Gasteiger partial charge < -0.3 is 10.2 Å². The predicted molar refractivity (Wildman–Crippen MR) is 92.0 cm³/mol. The largest absolute Gasteiger partial charge is 0.381 e. The first-order valence-corrected chi connectivity index (χ1v) is 7.60. The maximum atomic E-state index is 6.20. The van der Waals surface area contributed by atoms with Crippen LogP contribution in [-0.2, 0) is 6.54 Å². The van der Waals surface area contributed by atoms with Gasteiger partial charge in [0.25, 0.3) is 0 Å². The number of hydrogen-bond acceptors (Lipinski definition) is 2. The van der Waals surface area contributed by atoms with E-state index in [1.807, 2.05) is 18.2 Å². The van der Waals surface area contributed by atoms with Crippen LogP contribution in [0.1, 0.15) is 11.1 Å². The third-order valence-corrected chi connectivity index (χ3v) is 4.04. The monoisotopic (exact) mass is 352 g/mol. The van der Waals surface area contributed by atoms with Gasteiger partial charge in [0.05, 0.1) is 0 Å². The lowest BCUT2D eigenvalue weighted by Gasteiger charge is -2.17. The standard InChI is InChI=1S/C16H18BrClN2/c1-11-4-6-14(9-16(11)20(2)3)19-10-12-8-13(17)5-7-15(12)18/h4-9,19H,10H2,1-3H3. The molecule has 0 heterocycles. The van der Waals surface area contributed by atoms with Gasteiger partial charge in [0, 0.05) is 41.5 Å². The highest BCUT2D eigenvalue weighted by atomic mass is 79.9. The van der Waals surface area contributed by atoms with Crippen LogP contribution in [0.2, 0.25) is 5.02 Å². The molecule has 2 nitrogen and oxygen atoms in total. The molecule has 0 unspecified atom stereocenters. The van der Waals surface area contributed by atoms with E-state index in [0.29, 0.717) is 6.54 Å². The zero-order valence-corrected chi connectivity index (χ0v) is 14.2. The average Bonchev–Trinajstić information content (AvgIpc) is 2.41. The molecule has 0 atom stereocenters. The van der Waals surface area contributed by atoms with Crippen molar-refractivity contribution in [1.82, 2.24) is 0 Å². The summed E-state index contributed by atoms with van der Waals surface area (Å²) in [6, 6.07) is 12.3. The number of hydrogen-bond donors (Lipinski definition) is 1. The minimum atomic E-state index is 0.703. The van der Waals surface area contributed by atoms with Crippen LogP contribution in [-0.4, -0.2) is 14.1 Å². The van der Waals surface area contributed by atoms with Crippen molar-refractivity contribution in [2.75, 3.05) is 24.3 Å². The van der Waals surface area contributed by atoms with Crippen LogP contribution in [0.3, 0.4) is 0 Å². The van der Waals surface area contributed by atoms with Crippen molar-refractivity contribution in [1.29, 1.82) is 0 Å². The summed E-state index contributed by atoms with van der Waals surface area (Å²) >= 11 is 9.67. The van der Waals surface area contributed by atoms with Gasteiger partial charge in [0.15, 0.2) is 0 Å². The molecule has 0 aliphatic carbocycles. The normalized spacial score (nSPS) is 10.4. The van der Waals surface area contributed by atoms with Crippen LogP contribution in [0, 0.1) is 6.92 Å². The highest BCUT2D eigenvalue weighted by Gasteiger charge is 2.04. The summed E-state index contributed by atoms with van der Waals surface area (Å²) in [5.41, 5.74) is 4.65. The zero-order chi connectivity index (χ0) is 14.7. The quantitative estimate of drug-likeness (QED) is 0.823. The summed E-state index contributed by atoms with van der Waals surface area (Å²) in [6.45, 7) is 2.82. The van der Waals surface area contributed by atoms with Gasteiger partial charge in [-0.05, 0) is 48.4 Å². The predicted octanol–water partition coefficient (Wildman–Crippen LogP) is 5.09. The smallest absolute Gasteiger partial charge is 0.0456 e. The number of halogens is 2. The first kappa shape index (κ1) is 15.2. The number of benzene rings is 2. The van der Waals surface area contributed by atoms with Crippen molar-refractivity contribution in [3.63, 3.8) is 0 Å². The molecule has 0 aliphatic rings. The topological polar surface area (TPSA) is 15.3 Å². The van der Waals surface area contributed by atoms with E-state index in [2.05, 4.69) is 65.4 Å². The van der Waals surface area contributed by atoms with Crippen LogP contribution in [0.15, 0.2) is 40.9 Å². The van der Waals surface area contributed by atoms with Crippen molar-refractivity contribution >= 4 is 38.9 Å². The minimum Gasteiger partial charge on any atom is -0.381 e. The van der Waals surface area contributed by atoms with E-state index in [4.69, 9.17) is 11.6 Å². The molecule has 0 saturated carbocycles. The van der Waals surface area contributed by atoms with Crippen molar-refractivity contribution < 1.29 is 0 Å². The van der Waals surface area contributed by atoms with Crippen LogP contribution >= 0.6 is 27.5 Å². The molecular weight excluding hydrogens is 336 g/mol. The molecule has 2 rings (SSSR count). The van der Waals surface area contributed by atoms with Gasteiger partial charge in [0.1, 0.15) is 0 Å². The van der Waals surface area contributed by atoms with Gasteiger partial charge in [-0.15, -0.1) is 0 Å². The van der Waals surface area contributed by atoms with Gasteiger partial charge in [-0.3, -0.25) is 0 Å². The van der Waals surface area contributed by atoms with Crippen molar-refractivity contribution in [2.45, 2.75) is 13.5 Å². The Morgan fingerprint density at radius 3 is 2.60 bits per heavy atom. The number of nitrogens with one attached hydrogen (secondary N) is 1. The lowest BCUT2D eigenvalue weighted by atomic mass is 10.1. The van der Waals surface area contributed by atoms with Crippen LogP contribution in [0.5, 0.6) is 0 Å². The summed E-state index contributed by atoms with van der Waals surface area (Å²) in [5, 5.41) is 4.20. The molecule has 0 saturated heterocycles. The highest BCUT2D eigenvalue weighted by Crippen LogP contribution is 2.25. The second-order valence-electron chi connectivity index (χ2n) is 4.98. The Balaban J connectivity index is 2.15. The molecule has 20 heavy (non-hydrogen) atoms. The maximum Gasteiger partial charge on any atom is 0.0456 e. The van der Waals surface area contributed by atoms with Gasteiger partial charge in [-0.25, -0.2) is 0 Å². The molecular formula is C16H18BrClN2. The Kier molecular flexibility index (Phi) is 4.95. The van der Waals surface area contributed by atoms with E-state index in [-0.39, 0.29) is 0 Å². The van der Waals surface area contributed by atoms with Gasteiger partial charge >= 0.3 is 0 Å². The third kappa shape index (κ3) is 3.68. The zero-order valence-electron chi connectivity index (χ0n) is 11.9. The number of aryl methyl sites for hydroxylation is 1. The van der Waals surface area contributed by atoms with Crippen LogP contribution in [0.25, 0.3) is 0 Å². The SMILES string of the molecule is Cc1ccc(NCc2cc(Br)ccc2Cl)cc1N(C)C. The summed E-state index contributed by atoms with van der Waals surface area (Å²) in [4.78, 5) is 2.12. The summed E-state index contributed by atoms with van der Waals surface area (Å²) in [5.74, 6) is 0. The highest BCUT2D eigenvalue weighted by molar-refractivity contribution is 9.10. The molecule has 106 valence electrons. The third-order valence-electron chi connectivity index (χ3n) is 3.18. The Hall–Kier alpha value is -1.19. The van der Waals surface area contributed by atoms with Crippen molar-refractivity contribution in [2.24, 2.45) is 0 Å². The van der Waals surface area contributed by atoms with E-state index in [1.54, 1.807) is 0 Å². The Labute approximate surface area is 133 Å². The molecule has 1 N–H and O–H groups in total. The van der Waals surface area contributed by atoms with Gasteiger partial charge in [-0.1, -0.05) is 33.6 Å². The minimum absolute atomic E-state index is 0.703. The Morgan fingerprint density at radius 1 is 1.15 bits per heavy atom. The second kappa shape index (κ2) is 6.51. The molecule has 4 heteroatoms. The lowest BCUT2D eigenvalue weighted by molar-refractivity contribution is 1.10.